The van der Waals surface area contributed by atoms with E-state index in [9.17, 15) is 4.79 Å². The van der Waals surface area contributed by atoms with Crippen molar-refractivity contribution in [1.29, 1.82) is 0 Å². The molecule has 0 fully saturated rings. The van der Waals surface area contributed by atoms with Gasteiger partial charge in [0.05, 0.1) is 22.8 Å². The van der Waals surface area contributed by atoms with Crippen LogP contribution in [-0.2, 0) is 6.54 Å². The molecule has 0 saturated heterocycles. The van der Waals surface area contributed by atoms with Crippen molar-refractivity contribution in [2.24, 2.45) is 0 Å². The highest BCUT2D eigenvalue weighted by molar-refractivity contribution is 6.36. The Hall–Kier alpha value is -1.65. The zero-order valence-corrected chi connectivity index (χ0v) is 10.7. The molecule has 2 aromatic rings. The van der Waals surface area contributed by atoms with E-state index in [1.165, 1.54) is 6.07 Å². The molecular formula is C12H10Cl2N2O2. The van der Waals surface area contributed by atoms with Crippen molar-refractivity contribution < 1.29 is 9.90 Å². The number of carbonyl (C=O) groups is 1. The number of carboxylic acid groups (broad SMARTS) is 1. The maximum atomic E-state index is 10.9. The lowest BCUT2D eigenvalue weighted by Crippen LogP contribution is -2.06. The summed E-state index contributed by atoms with van der Waals surface area (Å²) in [6.07, 6.45) is 1.59. The monoisotopic (exact) mass is 284 g/mol. The largest absolute Gasteiger partial charge is 0.478 e. The Morgan fingerprint density at radius 2 is 2.11 bits per heavy atom. The van der Waals surface area contributed by atoms with Gasteiger partial charge in [0.1, 0.15) is 0 Å². The second kappa shape index (κ2) is 5.33. The van der Waals surface area contributed by atoms with Gasteiger partial charge in [-0.05, 0) is 24.3 Å². The van der Waals surface area contributed by atoms with Gasteiger partial charge in [-0.15, -0.1) is 0 Å². The molecule has 0 aliphatic rings. The van der Waals surface area contributed by atoms with Gasteiger partial charge in [-0.2, -0.15) is 0 Å². The van der Waals surface area contributed by atoms with Crippen molar-refractivity contribution in [1.82, 2.24) is 4.98 Å². The lowest BCUT2D eigenvalue weighted by molar-refractivity contribution is 0.0696. The van der Waals surface area contributed by atoms with Gasteiger partial charge in [0, 0.05) is 16.9 Å². The molecule has 1 aromatic carbocycles. The minimum absolute atomic E-state index is 0.243. The Bertz CT molecular complexity index is 581. The standard InChI is InChI=1S/C12H10Cl2N2O2/c13-7-1-2-10(9(14)5-7)16-6-11-8(12(17)18)3-4-15-11/h1-5,15-16H,6H2,(H,17,18). The number of nitrogens with one attached hydrogen (secondary N) is 2. The van der Waals surface area contributed by atoms with Gasteiger partial charge in [0.2, 0.25) is 0 Å². The lowest BCUT2D eigenvalue weighted by atomic mass is 10.2. The first kappa shape index (κ1) is 12.8. The van der Waals surface area contributed by atoms with Crippen LogP contribution in [0.1, 0.15) is 16.1 Å². The molecule has 94 valence electrons. The van der Waals surface area contributed by atoms with Gasteiger partial charge in [-0.1, -0.05) is 23.2 Å². The van der Waals surface area contributed by atoms with Gasteiger partial charge < -0.3 is 15.4 Å². The molecule has 2 rings (SSSR count). The lowest BCUT2D eigenvalue weighted by Gasteiger charge is -2.08. The Morgan fingerprint density at radius 3 is 2.78 bits per heavy atom. The summed E-state index contributed by atoms with van der Waals surface area (Å²) in [5, 5.41) is 13.0. The third-order valence-electron chi connectivity index (χ3n) is 2.45. The zero-order chi connectivity index (χ0) is 13.1. The van der Waals surface area contributed by atoms with E-state index in [-0.39, 0.29) is 5.56 Å². The van der Waals surface area contributed by atoms with E-state index in [0.29, 0.717) is 28.0 Å². The van der Waals surface area contributed by atoms with Crippen LogP contribution < -0.4 is 5.32 Å². The normalized spacial score (nSPS) is 10.3. The summed E-state index contributed by atoms with van der Waals surface area (Å²) < 4.78 is 0. The van der Waals surface area contributed by atoms with Crippen LogP contribution in [0.25, 0.3) is 0 Å². The van der Waals surface area contributed by atoms with Crippen molar-refractivity contribution in [2.75, 3.05) is 5.32 Å². The molecule has 0 spiro atoms. The van der Waals surface area contributed by atoms with E-state index in [1.807, 2.05) is 0 Å². The van der Waals surface area contributed by atoms with Crippen LogP contribution in [0.2, 0.25) is 10.0 Å². The summed E-state index contributed by atoms with van der Waals surface area (Å²) in [4.78, 5) is 13.8. The Labute approximate surface area is 114 Å². The van der Waals surface area contributed by atoms with Crippen LogP contribution in [0.4, 0.5) is 5.69 Å². The molecule has 0 unspecified atom stereocenters. The molecular weight excluding hydrogens is 275 g/mol. The first-order chi connectivity index (χ1) is 8.58. The predicted molar refractivity (Wildman–Crippen MR) is 71.5 cm³/mol. The van der Waals surface area contributed by atoms with Crippen LogP contribution in [-0.4, -0.2) is 16.1 Å². The summed E-state index contributed by atoms with van der Waals surface area (Å²) in [6.45, 7) is 0.343. The average molecular weight is 285 g/mol. The number of H-pyrrole nitrogens is 1. The first-order valence-corrected chi connectivity index (χ1v) is 5.92. The number of aromatic nitrogens is 1. The molecule has 1 aromatic heterocycles. The summed E-state index contributed by atoms with van der Waals surface area (Å²) in [7, 11) is 0. The second-order valence-electron chi connectivity index (χ2n) is 3.65. The molecule has 0 atom stereocenters. The number of anilines is 1. The quantitative estimate of drug-likeness (QED) is 0.803. The molecule has 18 heavy (non-hydrogen) atoms. The fourth-order valence-corrected chi connectivity index (χ4v) is 2.04. The zero-order valence-electron chi connectivity index (χ0n) is 9.21. The van der Waals surface area contributed by atoms with Crippen molar-refractivity contribution >= 4 is 34.9 Å². The summed E-state index contributed by atoms with van der Waals surface area (Å²) >= 11 is 11.8. The smallest absolute Gasteiger partial charge is 0.337 e. The molecule has 6 heteroatoms. The van der Waals surface area contributed by atoms with Crippen molar-refractivity contribution in [3.63, 3.8) is 0 Å². The van der Waals surface area contributed by atoms with Gasteiger partial charge >= 0.3 is 5.97 Å². The molecule has 0 aliphatic heterocycles. The van der Waals surface area contributed by atoms with Crippen molar-refractivity contribution in [3.8, 4) is 0 Å². The van der Waals surface area contributed by atoms with Gasteiger partial charge in [-0.25, -0.2) is 4.79 Å². The highest BCUT2D eigenvalue weighted by Crippen LogP contribution is 2.25. The Morgan fingerprint density at radius 1 is 1.33 bits per heavy atom. The van der Waals surface area contributed by atoms with Crippen LogP contribution in [0.5, 0.6) is 0 Å². The van der Waals surface area contributed by atoms with Crippen LogP contribution in [0, 0.1) is 0 Å². The molecule has 0 saturated carbocycles. The van der Waals surface area contributed by atoms with Crippen molar-refractivity contribution in [3.05, 3.63) is 51.8 Å². The van der Waals surface area contributed by atoms with Crippen LogP contribution in [0.15, 0.2) is 30.5 Å². The second-order valence-corrected chi connectivity index (χ2v) is 4.50. The summed E-state index contributed by atoms with van der Waals surface area (Å²) in [5.74, 6) is -0.963. The first-order valence-electron chi connectivity index (χ1n) is 5.16. The number of aromatic amines is 1. The number of benzene rings is 1. The number of hydrogen-bond donors (Lipinski definition) is 3. The van der Waals surface area contributed by atoms with Crippen LogP contribution in [0.3, 0.4) is 0 Å². The van der Waals surface area contributed by atoms with Crippen molar-refractivity contribution in [2.45, 2.75) is 6.54 Å². The van der Waals surface area contributed by atoms with E-state index in [1.54, 1.807) is 24.4 Å². The fraction of sp³-hybridized carbons (Fsp3) is 0.0833. The fourth-order valence-electron chi connectivity index (χ4n) is 1.57. The number of rotatable bonds is 4. The highest BCUT2D eigenvalue weighted by atomic mass is 35.5. The maximum absolute atomic E-state index is 10.9. The van der Waals surface area contributed by atoms with Crippen LogP contribution >= 0.6 is 23.2 Å². The Balaban J connectivity index is 2.11. The number of carboxylic acids is 1. The minimum Gasteiger partial charge on any atom is -0.478 e. The van der Waals surface area contributed by atoms with Gasteiger partial charge in [0.25, 0.3) is 0 Å². The molecule has 0 amide bonds. The van der Waals surface area contributed by atoms with Gasteiger partial charge in [-0.3, -0.25) is 0 Å². The maximum Gasteiger partial charge on any atom is 0.337 e. The van der Waals surface area contributed by atoms with E-state index in [0.717, 1.165) is 0 Å². The third-order valence-corrected chi connectivity index (χ3v) is 3.00. The highest BCUT2D eigenvalue weighted by Gasteiger charge is 2.10. The average Bonchev–Trinajstić information content (AvgIpc) is 2.76. The molecule has 4 nitrogen and oxygen atoms in total. The molecule has 0 bridgehead atoms. The Kier molecular flexibility index (Phi) is 3.79. The van der Waals surface area contributed by atoms with E-state index < -0.39 is 5.97 Å². The molecule has 3 N–H and O–H groups in total. The van der Waals surface area contributed by atoms with E-state index >= 15 is 0 Å². The molecule has 1 heterocycles. The molecule has 0 aliphatic carbocycles. The number of hydrogen-bond acceptors (Lipinski definition) is 2. The minimum atomic E-state index is -0.963. The third kappa shape index (κ3) is 2.78. The predicted octanol–water partition coefficient (Wildman–Crippen LogP) is 3.63. The summed E-state index contributed by atoms with van der Waals surface area (Å²) in [6, 6.07) is 6.59. The topological polar surface area (TPSA) is 65.1 Å². The number of halogens is 2. The van der Waals surface area contributed by atoms with E-state index in [2.05, 4.69) is 10.3 Å². The van der Waals surface area contributed by atoms with Gasteiger partial charge in [0.15, 0.2) is 0 Å². The molecule has 0 radical (unpaired) electrons. The SMILES string of the molecule is O=C(O)c1cc[nH]c1CNc1ccc(Cl)cc1Cl. The van der Waals surface area contributed by atoms with E-state index in [4.69, 9.17) is 28.3 Å². The summed E-state index contributed by atoms with van der Waals surface area (Å²) in [5.41, 5.74) is 1.54. The number of aromatic carboxylic acids is 1.